The van der Waals surface area contributed by atoms with E-state index in [1.165, 1.54) is 11.3 Å². The van der Waals surface area contributed by atoms with Crippen molar-refractivity contribution < 1.29 is 14.3 Å². The average molecular weight is 478 g/mol. The molecule has 1 amide bonds. The number of nitrogens with one attached hydrogen (secondary N) is 1. The van der Waals surface area contributed by atoms with Crippen molar-refractivity contribution >= 4 is 28.3 Å². The van der Waals surface area contributed by atoms with Crippen LogP contribution in [0.2, 0.25) is 0 Å². The van der Waals surface area contributed by atoms with E-state index in [1.807, 2.05) is 46.3 Å². The first kappa shape index (κ1) is 22.5. The van der Waals surface area contributed by atoms with Crippen LogP contribution in [0.15, 0.2) is 59.4 Å². The van der Waals surface area contributed by atoms with Gasteiger partial charge in [0.2, 0.25) is 5.91 Å². The number of methoxy groups -OCH3 is 1. The lowest BCUT2D eigenvalue weighted by Gasteiger charge is -2.35. The van der Waals surface area contributed by atoms with Crippen LogP contribution in [0.4, 0.5) is 0 Å². The van der Waals surface area contributed by atoms with Crippen LogP contribution in [-0.2, 0) is 16.1 Å². The molecule has 176 valence electrons. The fraction of sp³-hybridized carbons (Fsp3) is 0.320. The molecule has 9 heteroatoms. The zero-order valence-electron chi connectivity index (χ0n) is 19.0. The molecule has 3 heterocycles. The van der Waals surface area contributed by atoms with Gasteiger partial charge in [-0.25, -0.2) is 9.97 Å². The van der Waals surface area contributed by atoms with Gasteiger partial charge >= 0.3 is 0 Å². The molecule has 1 saturated heterocycles. The lowest BCUT2D eigenvalue weighted by molar-refractivity contribution is -0.121. The van der Waals surface area contributed by atoms with Gasteiger partial charge in [-0.05, 0) is 29.8 Å². The van der Waals surface area contributed by atoms with E-state index in [1.54, 1.807) is 12.6 Å². The first-order valence-corrected chi connectivity index (χ1v) is 12.2. The highest BCUT2D eigenvalue weighted by molar-refractivity contribution is 7.07. The minimum absolute atomic E-state index is 0.0521. The quantitative estimate of drug-likeness (QED) is 0.419. The van der Waals surface area contributed by atoms with Gasteiger partial charge in [-0.1, -0.05) is 24.3 Å². The van der Waals surface area contributed by atoms with E-state index >= 15 is 0 Å². The lowest BCUT2D eigenvalue weighted by Crippen LogP contribution is -2.44. The molecule has 5 rings (SSSR count). The van der Waals surface area contributed by atoms with Gasteiger partial charge in [0.05, 0.1) is 42.9 Å². The van der Waals surface area contributed by atoms with Crippen molar-refractivity contribution in [3.8, 4) is 17.3 Å². The third kappa shape index (κ3) is 4.82. The molecule has 2 aromatic heterocycles. The third-order valence-electron chi connectivity index (χ3n) is 6.10. The lowest BCUT2D eigenvalue weighted by atomic mass is 10.0. The Hall–Kier alpha value is -3.27. The fourth-order valence-electron chi connectivity index (χ4n) is 4.34. The van der Waals surface area contributed by atoms with Crippen molar-refractivity contribution in [2.24, 2.45) is 0 Å². The number of ether oxygens (including phenoxy) is 2. The Balaban J connectivity index is 1.35. The van der Waals surface area contributed by atoms with Gasteiger partial charge in [-0.15, -0.1) is 11.3 Å². The fourth-order valence-corrected chi connectivity index (χ4v) is 4.87. The zero-order valence-corrected chi connectivity index (χ0v) is 19.8. The van der Waals surface area contributed by atoms with Crippen LogP contribution in [0, 0.1) is 0 Å². The van der Waals surface area contributed by atoms with Gasteiger partial charge in [0.1, 0.15) is 18.0 Å². The number of carbonyl (C=O) groups is 1. The molecule has 1 fully saturated rings. The summed E-state index contributed by atoms with van der Waals surface area (Å²) in [4.78, 5) is 24.7. The Bertz CT molecular complexity index is 1230. The Kier molecular flexibility index (Phi) is 6.84. The van der Waals surface area contributed by atoms with E-state index in [0.29, 0.717) is 25.6 Å². The molecule has 1 aliphatic heterocycles. The predicted octanol–water partition coefficient (Wildman–Crippen LogP) is 3.36. The second-order valence-electron chi connectivity index (χ2n) is 8.13. The first-order valence-electron chi connectivity index (χ1n) is 11.3. The van der Waals surface area contributed by atoms with E-state index in [9.17, 15) is 4.79 Å². The van der Waals surface area contributed by atoms with Crippen molar-refractivity contribution in [1.82, 2.24) is 24.8 Å². The maximum Gasteiger partial charge on any atom is 0.240 e. The van der Waals surface area contributed by atoms with Crippen molar-refractivity contribution in [1.29, 1.82) is 0 Å². The van der Waals surface area contributed by atoms with Gasteiger partial charge < -0.3 is 19.4 Å². The normalized spacial score (nSPS) is 15.3. The number of fused-ring (bicyclic) bond motifs is 1. The van der Waals surface area contributed by atoms with E-state index in [4.69, 9.17) is 14.5 Å². The Morgan fingerprint density at radius 3 is 2.71 bits per heavy atom. The third-order valence-corrected chi connectivity index (χ3v) is 6.68. The molecule has 1 atom stereocenters. The number of hydrogen-bond acceptors (Lipinski definition) is 7. The summed E-state index contributed by atoms with van der Waals surface area (Å²) < 4.78 is 12.8. The summed E-state index contributed by atoms with van der Waals surface area (Å²) in [7, 11) is 1.66. The van der Waals surface area contributed by atoms with Gasteiger partial charge in [-0.2, -0.15) is 0 Å². The molecule has 8 nitrogen and oxygen atoms in total. The van der Waals surface area contributed by atoms with E-state index < -0.39 is 0 Å². The molecule has 1 aliphatic rings. The maximum atomic E-state index is 13.2. The summed E-state index contributed by atoms with van der Waals surface area (Å²) in [5.41, 5.74) is 5.46. The summed E-state index contributed by atoms with van der Waals surface area (Å²) in [5.74, 6) is 1.46. The Labute approximate surface area is 202 Å². The number of nitrogens with zero attached hydrogens (tertiary/aromatic N) is 4. The van der Waals surface area contributed by atoms with Gasteiger partial charge in [-0.3, -0.25) is 9.69 Å². The summed E-state index contributed by atoms with van der Waals surface area (Å²) in [5, 5.41) is 5.12. The summed E-state index contributed by atoms with van der Waals surface area (Å²) >= 11 is 1.51. The molecule has 1 N–H and O–H groups in total. The van der Waals surface area contributed by atoms with Crippen molar-refractivity contribution in [3.63, 3.8) is 0 Å². The van der Waals surface area contributed by atoms with Gasteiger partial charge in [0, 0.05) is 25.0 Å². The molecule has 0 radical (unpaired) electrons. The van der Waals surface area contributed by atoms with Gasteiger partial charge in [0.25, 0.3) is 0 Å². The number of para-hydroxylation sites is 2. The van der Waals surface area contributed by atoms with Crippen LogP contribution in [0.25, 0.3) is 22.6 Å². The highest BCUT2D eigenvalue weighted by Gasteiger charge is 2.24. The Morgan fingerprint density at radius 1 is 1.18 bits per heavy atom. The van der Waals surface area contributed by atoms with Crippen molar-refractivity contribution in [3.05, 3.63) is 65.0 Å². The number of morpholine rings is 1. The monoisotopic (exact) mass is 477 g/mol. The molecule has 2 aromatic carbocycles. The smallest absolute Gasteiger partial charge is 0.240 e. The Morgan fingerprint density at radius 2 is 1.97 bits per heavy atom. The van der Waals surface area contributed by atoms with Crippen molar-refractivity contribution in [2.45, 2.75) is 12.6 Å². The van der Waals surface area contributed by atoms with Crippen molar-refractivity contribution in [2.75, 3.05) is 40.0 Å². The molecule has 0 unspecified atom stereocenters. The minimum Gasteiger partial charge on any atom is -0.497 e. The van der Waals surface area contributed by atoms with E-state index in [-0.39, 0.29) is 18.5 Å². The SMILES string of the molecule is COc1ccc([C@@H](CNC(=O)Cn2c(-c3cscn3)nc3ccccc32)N2CCOCC2)cc1. The summed E-state index contributed by atoms with van der Waals surface area (Å²) in [6.07, 6.45) is 0. The van der Waals surface area contributed by atoms with Crippen LogP contribution in [-0.4, -0.2) is 65.3 Å². The predicted molar refractivity (Wildman–Crippen MR) is 132 cm³/mol. The maximum absolute atomic E-state index is 13.2. The number of aromatic nitrogens is 3. The molecular weight excluding hydrogens is 450 g/mol. The standard InChI is InChI=1S/C25H27N5O3S/c1-32-19-8-6-18(7-9-19)23(29-10-12-33-13-11-29)14-26-24(31)15-30-22-5-3-2-4-20(22)28-25(30)21-16-34-17-27-21/h2-9,16-17,23H,10-15H2,1H3,(H,26,31)/t23-/m1/s1. The van der Waals surface area contributed by atoms with Crippen LogP contribution < -0.4 is 10.1 Å². The number of amides is 1. The topological polar surface area (TPSA) is 81.5 Å². The highest BCUT2D eigenvalue weighted by Crippen LogP contribution is 2.26. The second-order valence-corrected chi connectivity index (χ2v) is 8.84. The second kappa shape index (κ2) is 10.3. The summed E-state index contributed by atoms with van der Waals surface area (Å²) in [6.45, 7) is 3.71. The van der Waals surface area contributed by atoms with Crippen LogP contribution >= 0.6 is 11.3 Å². The molecule has 0 saturated carbocycles. The van der Waals surface area contributed by atoms with Gasteiger partial charge in [0.15, 0.2) is 5.82 Å². The van der Waals surface area contributed by atoms with Crippen LogP contribution in [0.5, 0.6) is 5.75 Å². The number of benzene rings is 2. The molecule has 0 spiro atoms. The largest absolute Gasteiger partial charge is 0.497 e. The minimum atomic E-state index is -0.0635. The highest BCUT2D eigenvalue weighted by atomic mass is 32.1. The van der Waals surface area contributed by atoms with Crippen LogP contribution in [0.1, 0.15) is 11.6 Å². The average Bonchev–Trinajstić information content (AvgIpc) is 3.54. The number of imidazole rings is 1. The number of rotatable bonds is 8. The molecule has 0 bridgehead atoms. The molecule has 0 aliphatic carbocycles. The number of hydrogen-bond donors (Lipinski definition) is 1. The zero-order chi connectivity index (χ0) is 23.3. The first-order chi connectivity index (χ1) is 16.7. The number of thiazole rings is 1. The van der Waals surface area contributed by atoms with Crippen LogP contribution in [0.3, 0.4) is 0 Å². The molecule has 4 aromatic rings. The van der Waals surface area contributed by atoms with E-state index in [0.717, 1.165) is 41.1 Å². The number of carbonyl (C=O) groups excluding carboxylic acids is 1. The summed E-state index contributed by atoms with van der Waals surface area (Å²) in [6, 6.07) is 16.0. The molecular formula is C25H27N5O3S. The molecule has 34 heavy (non-hydrogen) atoms. The van der Waals surface area contributed by atoms with E-state index in [2.05, 4.69) is 27.3 Å².